The number of rotatable bonds is 0. The van der Waals surface area contributed by atoms with Crippen LogP contribution in [0.4, 0.5) is 0 Å². The van der Waals surface area contributed by atoms with Crippen LogP contribution in [0.25, 0.3) is 0 Å². The van der Waals surface area contributed by atoms with Crippen LogP contribution in [0.15, 0.2) is 24.4 Å². The number of hydrogen-bond donors (Lipinski definition) is 1. The van der Waals surface area contributed by atoms with Crippen molar-refractivity contribution in [1.29, 1.82) is 0 Å². The van der Waals surface area contributed by atoms with Crippen LogP contribution in [-0.2, 0) is 0 Å². The van der Waals surface area contributed by atoms with Crippen LogP contribution in [0.1, 0.15) is 0 Å². The fraction of sp³-hybridized carbons (Fsp3) is 0. The van der Waals surface area contributed by atoms with Gasteiger partial charge >= 0.3 is 0 Å². The van der Waals surface area contributed by atoms with Crippen molar-refractivity contribution in [3.8, 4) is 0 Å². The van der Waals surface area contributed by atoms with Crippen LogP contribution in [0, 0.1) is 4.64 Å². The molecule has 9 heavy (non-hydrogen) atoms. The van der Waals surface area contributed by atoms with E-state index in [-0.39, 0.29) is 24.8 Å². The largest absolute Gasteiger partial charge is 0.353 e. The molecule has 0 aliphatic rings. The standard InChI is InChI=1S/C5H5NS.2ClH/c7-5-3-1-2-4-6-5;;/h1-4H,(H,6,7);2*1H. The number of halogens is 2. The molecule has 0 aliphatic heterocycles. The lowest BCUT2D eigenvalue weighted by atomic mass is 10.5. The third-order valence-corrected chi connectivity index (χ3v) is 0.934. The highest BCUT2D eigenvalue weighted by Crippen LogP contribution is 1.80. The summed E-state index contributed by atoms with van der Waals surface area (Å²) in [7, 11) is 0. The van der Waals surface area contributed by atoms with Gasteiger partial charge in [0.05, 0.1) is 0 Å². The number of nitrogens with one attached hydrogen (secondary N) is 1. The zero-order valence-electron chi connectivity index (χ0n) is 4.53. The van der Waals surface area contributed by atoms with Gasteiger partial charge in [-0.2, -0.15) is 0 Å². The maximum Gasteiger partial charge on any atom is 0.103 e. The third-order valence-electron chi connectivity index (χ3n) is 0.681. The molecule has 0 saturated carbocycles. The summed E-state index contributed by atoms with van der Waals surface area (Å²) < 4.78 is 0.780. The Bertz CT molecular complexity index is 181. The van der Waals surface area contributed by atoms with Crippen LogP contribution >= 0.6 is 37.0 Å². The summed E-state index contributed by atoms with van der Waals surface area (Å²) in [6.45, 7) is 0. The summed E-state index contributed by atoms with van der Waals surface area (Å²) in [5.41, 5.74) is 0. The molecule has 0 aromatic carbocycles. The Labute approximate surface area is 71.3 Å². The van der Waals surface area contributed by atoms with Crippen LogP contribution < -0.4 is 0 Å². The molecule has 1 heterocycles. The maximum atomic E-state index is 4.76. The van der Waals surface area contributed by atoms with E-state index in [9.17, 15) is 0 Å². The molecule has 0 aliphatic carbocycles. The van der Waals surface area contributed by atoms with Crippen LogP contribution in [0.3, 0.4) is 0 Å². The number of aromatic nitrogens is 1. The summed E-state index contributed by atoms with van der Waals surface area (Å²) in [5, 5.41) is 0. The number of aromatic amines is 1. The van der Waals surface area contributed by atoms with Crippen molar-refractivity contribution in [1.82, 2.24) is 4.98 Å². The van der Waals surface area contributed by atoms with Crippen molar-refractivity contribution < 1.29 is 0 Å². The lowest BCUT2D eigenvalue weighted by Gasteiger charge is -1.76. The molecule has 0 atom stereocenters. The van der Waals surface area contributed by atoms with Gasteiger partial charge in [-0.25, -0.2) is 0 Å². The predicted octanol–water partition coefficient (Wildman–Crippen LogP) is 2.59. The zero-order valence-corrected chi connectivity index (χ0v) is 6.98. The second-order valence-electron chi connectivity index (χ2n) is 1.23. The summed E-state index contributed by atoms with van der Waals surface area (Å²) in [4.78, 5) is 2.85. The Kier molecular flexibility index (Phi) is 7.91. The van der Waals surface area contributed by atoms with E-state index in [1.54, 1.807) is 0 Å². The number of pyridine rings is 1. The zero-order chi connectivity index (χ0) is 5.11. The Hall–Kier alpha value is -0.0500. The van der Waals surface area contributed by atoms with Crippen molar-refractivity contribution in [3.05, 3.63) is 29.0 Å². The van der Waals surface area contributed by atoms with Gasteiger partial charge in [0.1, 0.15) is 4.64 Å². The van der Waals surface area contributed by atoms with E-state index < -0.39 is 0 Å². The van der Waals surface area contributed by atoms with E-state index in [1.807, 2.05) is 24.4 Å². The quantitative estimate of drug-likeness (QED) is 0.612. The van der Waals surface area contributed by atoms with E-state index in [0.717, 1.165) is 4.64 Å². The molecule has 0 spiro atoms. The van der Waals surface area contributed by atoms with Gasteiger partial charge in [-0.05, 0) is 12.1 Å². The molecule has 0 bridgehead atoms. The first-order valence-corrected chi connectivity index (χ1v) is 2.44. The summed E-state index contributed by atoms with van der Waals surface area (Å²) in [5.74, 6) is 0. The topological polar surface area (TPSA) is 15.8 Å². The van der Waals surface area contributed by atoms with Crippen LogP contribution in [-0.4, -0.2) is 4.98 Å². The highest BCUT2D eigenvalue weighted by molar-refractivity contribution is 7.71. The van der Waals surface area contributed by atoms with Gasteiger partial charge in [-0.1, -0.05) is 18.3 Å². The SMILES string of the molecule is Cl.Cl.S=c1cccc[nH]1. The van der Waals surface area contributed by atoms with E-state index in [1.165, 1.54) is 0 Å². The molecule has 1 rings (SSSR count). The lowest BCUT2D eigenvalue weighted by Crippen LogP contribution is -1.64. The van der Waals surface area contributed by atoms with E-state index >= 15 is 0 Å². The molecule has 0 unspecified atom stereocenters. The first-order chi connectivity index (χ1) is 3.39. The summed E-state index contributed by atoms with van der Waals surface area (Å²) >= 11 is 4.76. The first kappa shape index (κ1) is 11.7. The Morgan fingerprint density at radius 2 is 1.89 bits per heavy atom. The van der Waals surface area contributed by atoms with Crippen molar-refractivity contribution in [2.24, 2.45) is 0 Å². The fourth-order valence-corrected chi connectivity index (χ4v) is 0.523. The monoisotopic (exact) mass is 183 g/mol. The van der Waals surface area contributed by atoms with Crippen LogP contribution in [0.5, 0.6) is 0 Å². The average molecular weight is 184 g/mol. The second-order valence-corrected chi connectivity index (χ2v) is 1.67. The Morgan fingerprint density at radius 3 is 2.11 bits per heavy atom. The van der Waals surface area contributed by atoms with E-state index in [2.05, 4.69) is 4.98 Å². The minimum absolute atomic E-state index is 0. The van der Waals surface area contributed by atoms with Gasteiger partial charge in [0.15, 0.2) is 0 Å². The highest BCUT2D eigenvalue weighted by atomic mass is 35.5. The van der Waals surface area contributed by atoms with Crippen molar-refractivity contribution >= 4 is 37.0 Å². The number of hydrogen-bond acceptors (Lipinski definition) is 1. The normalized spacial score (nSPS) is 6.67. The molecule has 4 heteroatoms. The van der Waals surface area contributed by atoms with Gasteiger partial charge in [-0.15, -0.1) is 24.8 Å². The minimum atomic E-state index is 0. The molecule has 1 nitrogen and oxygen atoms in total. The van der Waals surface area contributed by atoms with Crippen molar-refractivity contribution in [3.63, 3.8) is 0 Å². The molecular weight excluding hydrogens is 177 g/mol. The van der Waals surface area contributed by atoms with Gasteiger partial charge < -0.3 is 4.98 Å². The van der Waals surface area contributed by atoms with Gasteiger partial charge in [-0.3, -0.25) is 0 Å². The minimum Gasteiger partial charge on any atom is -0.353 e. The van der Waals surface area contributed by atoms with Crippen LogP contribution in [0.2, 0.25) is 0 Å². The molecule has 1 aromatic heterocycles. The molecule has 1 aromatic rings. The first-order valence-electron chi connectivity index (χ1n) is 2.03. The van der Waals surface area contributed by atoms with Gasteiger partial charge in [0.2, 0.25) is 0 Å². The summed E-state index contributed by atoms with van der Waals surface area (Å²) in [6.07, 6.45) is 1.81. The van der Waals surface area contributed by atoms with E-state index in [4.69, 9.17) is 12.2 Å². The predicted molar refractivity (Wildman–Crippen MR) is 46.1 cm³/mol. The summed E-state index contributed by atoms with van der Waals surface area (Å²) in [6, 6.07) is 5.64. The maximum absolute atomic E-state index is 4.76. The second kappa shape index (κ2) is 6.08. The number of H-pyrrole nitrogens is 1. The van der Waals surface area contributed by atoms with Gasteiger partial charge in [0.25, 0.3) is 0 Å². The van der Waals surface area contributed by atoms with Crippen molar-refractivity contribution in [2.75, 3.05) is 0 Å². The molecule has 0 fully saturated rings. The highest BCUT2D eigenvalue weighted by Gasteiger charge is 1.65. The van der Waals surface area contributed by atoms with Crippen molar-refractivity contribution in [2.45, 2.75) is 0 Å². The average Bonchev–Trinajstić information content (AvgIpc) is 1.69. The molecule has 0 radical (unpaired) electrons. The fourth-order valence-electron chi connectivity index (χ4n) is 0.377. The van der Waals surface area contributed by atoms with Gasteiger partial charge in [0, 0.05) is 6.20 Å². The smallest absolute Gasteiger partial charge is 0.103 e. The lowest BCUT2D eigenvalue weighted by molar-refractivity contribution is 1.30. The Morgan fingerprint density at radius 1 is 1.22 bits per heavy atom. The molecular formula is C5H7Cl2NS. The molecule has 52 valence electrons. The van der Waals surface area contributed by atoms with E-state index in [0.29, 0.717) is 0 Å². The molecule has 0 amide bonds. The Balaban J connectivity index is 0. The molecule has 0 saturated heterocycles. The molecule has 1 N–H and O–H groups in total. The third kappa shape index (κ3) is 4.45.